The van der Waals surface area contributed by atoms with Crippen molar-refractivity contribution in [1.82, 2.24) is 10.2 Å². The Morgan fingerprint density at radius 3 is 2.65 bits per heavy atom. The fraction of sp³-hybridized carbons (Fsp3) is 0.400. The van der Waals surface area contributed by atoms with Gasteiger partial charge in [-0.3, -0.25) is 4.79 Å². The third-order valence-electron chi connectivity index (χ3n) is 3.45. The summed E-state index contributed by atoms with van der Waals surface area (Å²) in [5, 5.41) is 11.2. The summed E-state index contributed by atoms with van der Waals surface area (Å²) >= 11 is 0. The molecule has 1 heterocycles. The Bertz CT molecular complexity index is 580. The standard InChI is InChI=1S/C15H17FN2O5/c16-11-6-12(14(20)21)18(8-11)13(19)7-17-15(22)23-9-10-4-2-1-3-5-10/h1-5,11-12H,6-9H2,(H,17,22)(H,20,21). The predicted octanol–water partition coefficient (Wildman–Crippen LogP) is 0.936. The monoisotopic (exact) mass is 324 g/mol. The van der Waals surface area contributed by atoms with E-state index < -0.39 is 36.7 Å². The first-order chi connectivity index (χ1) is 11.0. The van der Waals surface area contributed by atoms with Gasteiger partial charge in [-0.2, -0.15) is 0 Å². The van der Waals surface area contributed by atoms with Crippen molar-refractivity contribution in [2.24, 2.45) is 0 Å². The van der Waals surface area contributed by atoms with E-state index in [1.807, 2.05) is 6.07 Å². The summed E-state index contributed by atoms with van der Waals surface area (Å²) in [7, 11) is 0. The van der Waals surface area contributed by atoms with E-state index in [-0.39, 0.29) is 19.6 Å². The third kappa shape index (κ3) is 4.67. The van der Waals surface area contributed by atoms with Gasteiger partial charge in [-0.05, 0) is 5.56 Å². The highest BCUT2D eigenvalue weighted by molar-refractivity contribution is 5.87. The number of nitrogens with one attached hydrogen (secondary N) is 1. The number of nitrogens with zero attached hydrogens (tertiary/aromatic N) is 1. The van der Waals surface area contributed by atoms with Crippen molar-refractivity contribution in [2.45, 2.75) is 25.2 Å². The van der Waals surface area contributed by atoms with E-state index in [0.717, 1.165) is 10.5 Å². The van der Waals surface area contributed by atoms with Crippen LogP contribution < -0.4 is 5.32 Å². The minimum absolute atomic E-state index is 0.0505. The van der Waals surface area contributed by atoms with E-state index in [2.05, 4.69) is 5.32 Å². The van der Waals surface area contributed by atoms with Crippen molar-refractivity contribution in [1.29, 1.82) is 0 Å². The van der Waals surface area contributed by atoms with Gasteiger partial charge in [-0.1, -0.05) is 30.3 Å². The van der Waals surface area contributed by atoms with Gasteiger partial charge in [0.2, 0.25) is 5.91 Å². The average molecular weight is 324 g/mol. The molecule has 23 heavy (non-hydrogen) atoms. The smallest absolute Gasteiger partial charge is 0.407 e. The molecule has 1 aromatic rings. The van der Waals surface area contributed by atoms with Crippen LogP contribution in [0.1, 0.15) is 12.0 Å². The number of likely N-dealkylation sites (tertiary alicyclic amines) is 1. The zero-order valence-corrected chi connectivity index (χ0v) is 12.3. The molecule has 1 fully saturated rings. The second kappa shape index (κ2) is 7.57. The number of hydrogen-bond acceptors (Lipinski definition) is 4. The molecule has 0 radical (unpaired) electrons. The van der Waals surface area contributed by atoms with Gasteiger partial charge in [0, 0.05) is 6.42 Å². The topological polar surface area (TPSA) is 95.9 Å². The molecule has 1 aliphatic heterocycles. The number of carbonyl (C=O) groups excluding carboxylic acids is 2. The lowest BCUT2D eigenvalue weighted by Gasteiger charge is -2.21. The number of ether oxygens (including phenoxy) is 1. The van der Waals surface area contributed by atoms with Crippen LogP contribution in [0.4, 0.5) is 9.18 Å². The normalized spacial score (nSPS) is 20.1. The molecule has 0 aliphatic carbocycles. The van der Waals surface area contributed by atoms with Gasteiger partial charge in [-0.25, -0.2) is 14.0 Å². The fourth-order valence-electron chi connectivity index (χ4n) is 2.32. The van der Waals surface area contributed by atoms with E-state index in [4.69, 9.17) is 9.84 Å². The number of carboxylic acid groups (broad SMARTS) is 1. The Morgan fingerprint density at radius 2 is 2.00 bits per heavy atom. The quantitative estimate of drug-likeness (QED) is 0.840. The van der Waals surface area contributed by atoms with Crippen LogP contribution in [0.5, 0.6) is 0 Å². The van der Waals surface area contributed by atoms with E-state index in [1.165, 1.54) is 0 Å². The first-order valence-corrected chi connectivity index (χ1v) is 7.08. The zero-order chi connectivity index (χ0) is 16.8. The minimum atomic E-state index is -1.37. The second-order valence-corrected chi connectivity index (χ2v) is 5.15. The molecule has 1 saturated heterocycles. The number of carboxylic acids is 1. The van der Waals surface area contributed by atoms with Gasteiger partial charge in [0.05, 0.1) is 6.54 Å². The number of amides is 2. The molecule has 1 aliphatic rings. The summed E-state index contributed by atoms with van der Waals surface area (Å²) in [6, 6.07) is 7.79. The summed E-state index contributed by atoms with van der Waals surface area (Å²) < 4.78 is 18.2. The van der Waals surface area contributed by atoms with Crippen molar-refractivity contribution in [3.63, 3.8) is 0 Å². The van der Waals surface area contributed by atoms with Gasteiger partial charge in [-0.15, -0.1) is 0 Å². The van der Waals surface area contributed by atoms with Crippen LogP contribution in [0, 0.1) is 0 Å². The van der Waals surface area contributed by atoms with Gasteiger partial charge < -0.3 is 20.1 Å². The maximum absolute atomic E-state index is 13.3. The maximum atomic E-state index is 13.3. The maximum Gasteiger partial charge on any atom is 0.407 e. The van der Waals surface area contributed by atoms with Crippen molar-refractivity contribution < 1.29 is 28.6 Å². The molecule has 7 nitrogen and oxygen atoms in total. The van der Waals surface area contributed by atoms with E-state index in [1.54, 1.807) is 24.3 Å². The van der Waals surface area contributed by atoms with Gasteiger partial charge in [0.25, 0.3) is 0 Å². The molecule has 0 aromatic heterocycles. The molecule has 0 saturated carbocycles. The number of alkyl carbamates (subject to hydrolysis) is 1. The Morgan fingerprint density at radius 1 is 1.30 bits per heavy atom. The largest absolute Gasteiger partial charge is 0.480 e. The Balaban J connectivity index is 1.77. The molecule has 2 unspecified atom stereocenters. The van der Waals surface area contributed by atoms with Gasteiger partial charge in [0.1, 0.15) is 25.4 Å². The number of carbonyl (C=O) groups is 3. The first kappa shape index (κ1) is 16.7. The fourth-order valence-corrected chi connectivity index (χ4v) is 2.32. The van der Waals surface area contributed by atoms with Crippen molar-refractivity contribution in [3.8, 4) is 0 Å². The van der Waals surface area contributed by atoms with Crippen LogP contribution in [-0.2, 0) is 20.9 Å². The molecule has 0 spiro atoms. The lowest BCUT2D eigenvalue weighted by molar-refractivity contribution is -0.147. The van der Waals surface area contributed by atoms with E-state index in [9.17, 15) is 18.8 Å². The first-order valence-electron chi connectivity index (χ1n) is 7.08. The molecule has 2 atom stereocenters. The highest BCUT2D eigenvalue weighted by Gasteiger charge is 2.39. The Hall–Kier alpha value is -2.64. The number of rotatable bonds is 5. The van der Waals surface area contributed by atoms with Crippen LogP contribution in [-0.4, -0.2) is 53.3 Å². The average Bonchev–Trinajstić information content (AvgIpc) is 2.94. The molecule has 2 N–H and O–H groups in total. The van der Waals surface area contributed by atoms with Crippen LogP contribution in [0.3, 0.4) is 0 Å². The Labute approximate surface area is 132 Å². The van der Waals surface area contributed by atoms with Gasteiger partial charge in [0.15, 0.2) is 0 Å². The molecule has 2 amide bonds. The highest BCUT2D eigenvalue weighted by Crippen LogP contribution is 2.20. The summed E-state index contributed by atoms with van der Waals surface area (Å²) in [6.45, 7) is -0.671. The van der Waals surface area contributed by atoms with Gasteiger partial charge >= 0.3 is 12.1 Å². The molecule has 124 valence electrons. The highest BCUT2D eigenvalue weighted by atomic mass is 19.1. The number of alkyl halides is 1. The number of halogens is 1. The molecule has 8 heteroatoms. The van der Waals surface area contributed by atoms with Crippen LogP contribution in [0.15, 0.2) is 30.3 Å². The second-order valence-electron chi connectivity index (χ2n) is 5.15. The number of hydrogen-bond donors (Lipinski definition) is 2. The number of aliphatic carboxylic acids is 1. The van der Waals surface area contributed by atoms with Crippen molar-refractivity contribution in [2.75, 3.05) is 13.1 Å². The minimum Gasteiger partial charge on any atom is -0.480 e. The van der Waals surface area contributed by atoms with Crippen LogP contribution in [0.25, 0.3) is 0 Å². The summed E-state index contributed by atoms with van der Waals surface area (Å²) in [6.07, 6.45) is -2.41. The van der Waals surface area contributed by atoms with Crippen LogP contribution in [0.2, 0.25) is 0 Å². The van der Waals surface area contributed by atoms with Crippen LogP contribution >= 0.6 is 0 Å². The number of benzene rings is 1. The predicted molar refractivity (Wildman–Crippen MR) is 77.3 cm³/mol. The van der Waals surface area contributed by atoms with Crippen molar-refractivity contribution in [3.05, 3.63) is 35.9 Å². The van der Waals surface area contributed by atoms with Crippen molar-refractivity contribution >= 4 is 18.0 Å². The Kier molecular flexibility index (Phi) is 5.51. The third-order valence-corrected chi connectivity index (χ3v) is 3.45. The van der Waals surface area contributed by atoms with E-state index >= 15 is 0 Å². The molecule has 2 rings (SSSR count). The summed E-state index contributed by atoms with van der Waals surface area (Å²) in [4.78, 5) is 35.3. The lowest BCUT2D eigenvalue weighted by atomic mass is 10.2. The SMILES string of the molecule is O=C(NCC(=O)N1CC(F)CC1C(=O)O)OCc1ccccc1. The van der Waals surface area contributed by atoms with E-state index in [0.29, 0.717) is 0 Å². The summed E-state index contributed by atoms with van der Waals surface area (Å²) in [5.74, 6) is -1.92. The lowest BCUT2D eigenvalue weighted by Crippen LogP contribution is -2.45. The zero-order valence-electron chi connectivity index (χ0n) is 12.3. The summed E-state index contributed by atoms with van der Waals surface area (Å²) in [5.41, 5.74) is 0.791. The molecule has 1 aromatic carbocycles. The molecule has 0 bridgehead atoms. The molecular weight excluding hydrogens is 307 g/mol. The molecular formula is C15H17FN2O5.